The van der Waals surface area contributed by atoms with Crippen molar-refractivity contribution in [1.29, 1.82) is 0 Å². The molecule has 1 N–H and O–H groups in total. The number of halogens is 1. The molecule has 2 aromatic carbocycles. The summed E-state index contributed by atoms with van der Waals surface area (Å²) in [6.45, 7) is 0. The van der Waals surface area contributed by atoms with Gasteiger partial charge < -0.3 is 4.98 Å². The third-order valence-electron chi connectivity index (χ3n) is 3.18. The van der Waals surface area contributed by atoms with Gasteiger partial charge in [0.2, 0.25) is 0 Å². The number of aromatic nitrogens is 1. The van der Waals surface area contributed by atoms with Crippen molar-refractivity contribution >= 4 is 32.6 Å². The smallest absolute Gasteiger partial charge is 0.167 e. The Labute approximate surface area is 119 Å². The average Bonchev–Trinajstić information content (AvgIpc) is 2.82. The van der Waals surface area contributed by atoms with Gasteiger partial charge in [0.25, 0.3) is 0 Å². The molecule has 0 unspecified atom stereocenters. The van der Waals surface area contributed by atoms with Gasteiger partial charge in [0, 0.05) is 33.6 Å². The van der Waals surface area contributed by atoms with Crippen LogP contribution in [0.5, 0.6) is 0 Å². The highest BCUT2D eigenvalue weighted by Crippen LogP contribution is 2.23. The van der Waals surface area contributed by atoms with E-state index in [1.54, 1.807) is 0 Å². The number of rotatable bonds is 3. The maximum atomic E-state index is 12.2. The maximum absolute atomic E-state index is 12.2. The summed E-state index contributed by atoms with van der Waals surface area (Å²) in [5.74, 6) is 0.140. The third kappa shape index (κ3) is 2.47. The first-order chi connectivity index (χ1) is 9.24. The lowest BCUT2D eigenvalue weighted by Gasteiger charge is -2.00. The number of Topliss-reactive ketones (excluding diaryl/α,β-unsaturated/α-hetero) is 1. The SMILES string of the molecule is O=C(Cc1c[nH]c2ccc(Br)cc12)c1ccccc1. The molecule has 0 radical (unpaired) electrons. The van der Waals surface area contributed by atoms with Gasteiger partial charge >= 0.3 is 0 Å². The van der Waals surface area contributed by atoms with Crippen molar-refractivity contribution in [1.82, 2.24) is 4.98 Å². The van der Waals surface area contributed by atoms with E-state index in [9.17, 15) is 4.79 Å². The molecule has 0 aliphatic carbocycles. The first kappa shape index (κ1) is 12.2. The number of carbonyl (C=O) groups excluding carboxylic acids is 1. The highest BCUT2D eigenvalue weighted by molar-refractivity contribution is 9.10. The van der Waals surface area contributed by atoms with Gasteiger partial charge in [0.1, 0.15) is 0 Å². The Morgan fingerprint density at radius 2 is 1.89 bits per heavy atom. The van der Waals surface area contributed by atoms with Crippen molar-refractivity contribution < 1.29 is 4.79 Å². The van der Waals surface area contributed by atoms with Crippen molar-refractivity contribution in [2.24, 2.45) is 0 Å². The molecule has 3 rings (SSSR count). The Hall–Kier alpha value is -1.87. The van der Waals surface area contributed by atoms with E-state index >= 15 is 0 Å². The fraction of sp³-hybridized carbons (Fsp3) is 0.0625. The molecule has 1 heterocycles. The highest BCUT2D eigenvalue weighted by Gasteiger charge is 2.10. The molecule has 0 bridgehead atoms. The van der Waals surface area contributed by atoms with Crippen LogP contribution in [0.2, 0.25) is 0 Å². The van der Waals surface area contributed by atoms with E-state index in [-0.39, 0.29) is 5.78 Å². The van der Waals surface area contributed by atoms with E-state index < -0.39 is 0 Å². The second-order valence-corrected chi connectivity index (χ2v) is 5.39. The van der Waals surface area contributed by atoms with Crippen LogP contribution in [0.1, 0.15) is 15.9 Å². The summed E-state index contributed by atoms with van der Waals surface area (Å²) in [5.41, 5.74) is 2.84. The van der Waals surface area contributed by atoms with Gasteiger partial charge in [-0.1, -0.05) is 46.3 Å². The van der Waals surface area contributed by atoms with Gasteiger partial charge in [-0.05, 0) is 23.8 Å². The Bertz CT molecular complexity index is 731. The summed E-state index contributed by atoms with van der Waals surface area (Å²) in [6, 6.07) is 15.4. The number of aromatic amines is 1. The molecular weight excluding hydrogens is 302 g/mol. The number of benzene rings is 2. The summed E-state index contributed by atoms with van der Waals surface area (Å²) in [7, 11) is 0. The van der Waals surface area contributed by atoms with Crippen LogP contribution in [0.25, 0.3) is 10.9 Å². The van der Waals surface area contributed by atoms with Crippen molar-refractivity contribution in [3.05, 3.63) is 70.3 Å². The Morgan fingerprint density at radius 1 is 1.11 bits per heavy atom. The van der Waals surface area contributed by atoms with E-state index in [1.165, 1.54) is 0 Å². The topological polar surface area (TPSA) is 32.9 Å². The van der Waals surface area contributed by atoms with Crippen LogP contribution in [0.3, 0.4) is 0 Å². The average molecular weight is 314 g/mol. The summed E-state index contributed by atoms with van der Waals surface area (Å²) >= 11 is 3.46. The monoisotopic (exact) mass is 313 g/mol. The van der Waals surface area contributed by atoms with Crippen LogP contribution in [0.15, 0.2) is 59.2 Å². The van der Waals surface area contributed by atoms with Crippen LogP contribution in [0, 0.1) is 0 Å². The number of carbonyl (C=O) groups is 1. The van der Waals surface area contributed by atoms with Crippen LogP contribution < -0.4 is 0 Å². The van der Waals surface area contributed by atoms with Crippen molar-refractivity contribution in [2.75, 3.05) is 0 Å². The third-order valence-corrected chi connectivity index (χ3v) is 3.67. The molecule has 0 aliphatic rings. The molecule has 3 aromatic rings. The first-order valence-electron chi connectivity index (χ1n) is 6.08. The Morgan fingerprint density at radius 3 is 2.68 bits per heavy atom. The van der Waals surface area contributed by atoms with Crippen LogP contribution in [-0.4, -0.2) is 10.8 Å². The molecule has 2 nitrogen and oxygen atoms in total. The van der Waals surface area contributed by atoms with Gasteiger partial charge in [-0.15, -0.1) is 0 Å². The Balaban J connectivity index is 1.94. The fourth-order valence-electron chi connectivity index (χ4n) is 2.20. The van der Waals surface area contributed by atoms with Crippen LogP contribution in [0.4, 0.5) is 0 Å². The number of H-pyrrole nitrogens is 1. The van der Waals surface area contributed by atoms with E-state index in [0.717, 1.165) is 26.5 Å². The number of hydrogen-bond donors (Lipinski definition) is 1. The summed E-state index contributed by atoms with van der Waals surface area (Å²) in [6.07, 6.45) is 2.33. The number of fused-ring (bicyclic) bond motifs is 1. The number of nitrogens with one attached hydrogen (secondary N) is 1. The normalized spacial score (nSPS) is 10.8. The Kier molecular flexibility index (Phi) is 3.22. The standard InChI is InChI=1S/C16H12BrNO/c17-13-6-7-15-14(9-13)12(10-18-15)8-16(19)11-4-2-1-3-5-11/h1-7,9-10,18H,8H2. The molecule has 0 amide bonds. The lowest BCUT2D eigenvalue weighted by molar-refractivity contribution is 0.0993. The molecule has 3 heteroatoms. The molecule has 0 atom stereocenters. The first-order valence-corrected chi connectivity index (χ1v) is 6.87. The molecule has 1 aromatic heterocycles. The van der Waals surface area contributed by atoms with Crippen molar-refractivity contribution in [3.8, 4) is 0 Å². The number of ketones is 1. The summed E-state index contributed by atoms with van der Waals surface area (Å²) in [4.78, 5) is 15.4. The van der Waals surface area contributed by atoms with Crippen LogP contribution >= 0.6 is 15.9 Å². The lowest BCUT2D eigenvalue weighted by atomic mass is 10.0. The largest absolute Gasteiger partial charge is 0.361 e. The zero-order chi connectivity index (χ0) is 13.2. The van der Waals surface area contributed by atoms with Gasteiger partial charge in [-0.3, -0.25) is 4.79 Å². The molecular formula is C16H12BrNO. The fourth-order valence-corrected chi connectivity index (χ4v) is 2.56. The molecule has 0 saturated carbocycles. The molecule has 0 fully saturated rings. The zero-order valence-electron chi connectivity index (χ0n) is 10.2. The minimum absolute atomic E-state index is 0.140. The van der Waals surface area contributed by atoms with Crippen molar-refractivity contribution in [2.45, 2.75) is 6.42 Å². The summed E-state index contributed by atoms with van der Waals surface area (Å²) in [5, 5.41) is 1.10. The molecule has 0 spiro atoms. The molecule has 19 heavy (non-hydrogen) atoms. The van der Waals surface area contributed by atoms with E-state index in [2.05, 4.69) is 20.9 Å². The van der Waals surface area contributed by atoms with Gasteiger partial charge in [0.15, 0.2) is 5.78 Å². The number of hydrogen-bond acceptors (Lipinski definition) is 1. The van der Waals surface area contributed by atoms with E-state index in [0.29, 0.717) is 6.42 Å². The minimum atomic E-state index is 0.140. The maximum Gasteiger partial charge on any atom is 0.167 e. The summed E-state index contributed by atoms with van der Waals surface area (Å²) < 4.78 is 1.02. The zero-order valence-corrected chi connectivity index (χ0v) is 11.8. The predicted octanol–water partition coefficient (Wildman–Crippen LogP) is 4.36. The predicted molar refractivity (Wildman–Crippen MR) is 80.5 cm³/mol. The van der Waals surface area contributed by atoms with E-state index in [1.807, 2.05) is 54.7 Å². The van der Waals surface area contributed by atoms with Crippen LogP contribution in [-0.2, 0) is 6.42 Å². The molecule has 0 aliphatic heterocycles. The quantitative estimate of drug-likeness (QED) is 0.716. The van der Waals surface area contributed by atoms with E-state index in [4.69, 9.17) is 0 Å². The molecule has 94 valence electrons. The second kappa shape index (κ2) is 5.02. The van der Waals surface area contributed by atoms with Gasteiger partial charge in [0.05, 0.1) is 0 Å². The van der Waals surface area contributed by atoms with Gasteiger partial charge in [-0.25, -0.2) is 0 Å². The van der Waals surface area contributed by atoms with Gasteiger partial charge in [-0.2, -0.15) is 0 Å². The lowest BCUT2D eigenvalue weighted by Crippen LogP contribution is -2.02. The molecule has 0 saturated heterocycles. The van der Waals surface area contributed by atoms with Crippen molar-refractivity contribution in [3.63, 3.8) is 0 Å². The second-order valence-electron chi connectivity index (χ2n) is 4.47. The minimum Gasteiger partial charge on any atom is -0.361 e. The highest BCUT2D eigenvalue weighted by atomic mass is 79.9.